The molecule has 0 aliphatic heterocycles. The van der Waals surface area contributed by atoms with E-state index in [9.17, 15) is 4.39 Å². The van der Waals surface area contributed by atoms with Crippen LogP contribution in [0.1, 0.15) is 31.2 Å². The lowest BCUT2D eigenvalue weighted by molar-refractivity contribution is 0.628. The molecule has 2 rings (SSSR count). The van der Waals surface area contributed by atoms with E-state index in [-0.39, 0.29) is 10.9 Å². The van der Waals surface area contributed by atoms with E-state index in [1.807, 2.05) is 20.8 Å². The summed E-state index contributed by atoms with van der Waals surface area (Å²) in [5.74, 6) is 7.00. The third-order valence-electron chi connectivity index (χ3n) is 3.00. The lowest BCUT2D eigenvalue weighted by Gasteiger charge is -2.15. The Morgan fingerprint density at radius 1 is 1.24 bits per heavy atom. The number of benzene rings is 1. The van der Waals surface area contributed by atoms with E-state index in [2.05, 4.69) is 20.7 Å². The number of hydrazine groups is 1. The first-order valence-electron chi connectivity index (χ1n) is 6.49. The van der Waals surface area contributed by atoms with E-state index >= 15 is 0 Å². The number of halogens is 2. The fourth-order valence-electron chi connectivity index (χ4n) is 1.77. The Morgan fingerprint density at radius 3 is 2.48 bits per heavy atom. The zero-order chi connectivity index (χ0) is 15.6. The largest absolute Gasteiger partial charge is 0.339 e. The highest BCUT2D eigenvalue weighted by molar-refractivity contribution is 6.33. The highest BCUT2D eigenvalue weighted by Crippen LogP contribution is 2.29. The van der Waals surface area contributed by atoms with Gasteiger partial charge in [-0.3, -0.25) is 0 Å². The maximum atomic E-state index is 13.1. The molecular formula is C14H17ClFN5. The first kappa shape index (κ1) is 15.5. The molecule has 1 heterocycles. The Bertz CT molecular complexity index is 660. The third kappa shape index (κ3) is 3.40. The van der Waals surface area contributed by atoms with Gasteiger partial charge in [-0.25, -0.2) is 20.2 Å². The van der Waals surface area contributed by atoms with E-state index in [1.54, 1.807) is 6.07 Å². The van der Waals surface area contributed by atoms with Gasteiger partial charge in [-0.1, -0.05) is 25.4 Å². The van der Waals surface area contributed by atoms with Crippen LogP contribution in [0.5, 0.6) is 0 Å². The van der Waals surface area contributed by atoms with Crippen molar-refractivity contribution in [1.29, 1.82) is 0 Å². The molecule has 0 bridgehead atoms. The number of hydrogen-bond donors (Lipinski definition) is 3. The van der Waals surface area contributed by atoms with Crippen LogP contribution in [0.2, 0.25) is 5.02 Å². The molecule has 4 N–H and O–H groups in total. The minimum absolute atomic E-state index is 0.141. The van der Waals surface area contributed by atoms with Crippen LogP contribution in [-0.2, 0) is 0 Å². The van der Waals surface area contributed by atoms with Gasteiger partial charge in [0.25, 0.3) is 0 Å². The highest BCUT2D eigenvalue weighted by atomic mass is 35.5. The molecule has 7 heteroatoms. The van der Waals surface area contributed by atoms with Crippen molar-refractivity contribution in [3.8, 4) is 0 Å². The summed E-state index contributed by atoms with van der Waals surface area (Å²) in [6.07, 6.45) is 0. The molecule has 0 saturated carbocycles. The van der Waals surface area contributed by atoms with Crippen LogP contribution in [0.25, 0.3) is 0 Å². The van der Waals surface area contributed by atoms with Crippen molar-refractivity contribution in [3.63, 3.8) is 0 Å². The molecule has 21 heavy (non-hydrogen) atoms. The fourth-order valence-corrected chi connectivity index (χ4v) is 1.99. The molecule has 112 valence electrons. The van der Waals surface area contributed by atoms with Crippen molar-refractivity contribution in [2.45, 2.75) is 26.7 Å². The molecule has 0 spiro atoms. The van der Waals surface area contributed by atoms with E-state index in [1.165, 1.54) is 12.1 Å². The van der Waals surface area contributed by atoms with Gasteiger partial charge in [0.2, 0.25) is 0 Å². The predicted octanol–water partition coefficient (Wildman–Crippen LogP) is 3.73. The second-order valence-electron chi connectivity index (χ2n) is 4.95. The summed E-state index contributed by atoms with van der Waals surface area (Å²) in [4.78, 5) is 8.82. The van der Waals surface area contributed by atoms with Crippen molar-refractivity contribution in [1.82, 2.24) is 9.97 Å². The van der Waals surface area contributed by atoms with E-state index in [4.69, 9.17) is 17.4 Å². The van der Waals surface area contributed by atoms with Gasteiger partial charge in [0.1, 0.15) is 23.3 Å². The Balaban J connectivity index is 2.45. The Hall–Kier alpha value is -1.92. The molecule has 0 saturated heterocycles. The minimum Gasteiger partial charge on any atom is -0.339 e. The van der Waals surface area contributed by atoms with Gasteiger partial charge in [0.05, 0.1) is 10.7 Å². The number of nitrogen functional groups attached to an aromatic ring is 1. The summed E-state index contributed by atoms with van der Waals surface area (Å²) in [5.41, 5.74) is 3.88. The smallest absolute Gasteiger partial charge is 0.148 e. The van der Waals surface area contributed by atoms with Gasteiger partial charge in [-0.05, 0) is 25.1 Å². The maximum absolute atomic E-state index is 13.1. The summed E-state index contributed by atoms with van der Waals surface area (Å²) in [5, 5.41) is 3.37. The number of anilines is 3. The normalized spacial score (nSPS) is 10.8. The summed E-state index contributed by atoms with van der Waals surface area (Å²) in [7, 11) is 0. The predicted molar refractivity (Wildman–Crippen MR) is 83.4 cm³/mol. The fraction of sp³-hybridized carbons (Fsp3) is 0.286. The third-order valence-corrected chi connectivity index (χ3v) is 3.31. The number of nitrogens with zero attached hydrogens (tertiary/aromatic N) is 2. The Morgan fingerprint density at radius 2 is 1.90 bits per heavy atom. The van der Waals surface area contributed by atoms with E-state index < -0.39 is 5.82 Å². The summed E-state index contributed by atoms with van der Waals surface area (Å²) >= 11 is 6.02. The topological polar surface area (TPSA) is 75.9 Å². The van der Waals surface area contributed by atoms with Gasteiger partial charge >= 0.3 is 0 Å². The van der Waals surface area contributed by atoms with Crippen molar-refractivity contribution < 1.29 is 4.39 Å². The Kier molecular flexibility index (Phi) is 4.59. The number of hydrogen-bond acceptors (Lipinski definition) is 5. The number of rotatable bonds is 4. The number of nitrogens with two attached hydrogens (primary N) is 1. The standard InChI is InChI=1S/C14H17ClFN5/c1-7(2)12-19-13(8(3)14(20-12)21-17)18-11-5-4-9(16)6-10(11)15/h4-7H,17H2,1-3H3,(H2,18,19,20,21). The zero-order valence-electron chi connectivity index (χ0n) is 12.0. The molecule has 5 nitrogen and oxygen atoms in total. The molecule has 0 fully saturated rings. The van der Waals surface area contributed by atoms with E-state index in [0.29, 0.717) is 23.1 Å². The molecule has 1 aromatic carbocycles. The van der Waals surface area contributed by atoms with Crippen LogP contribution in [0, 0.1) is 12.7 Å². The zero-order valence-corrected chi connectivity index (χ0v) is 12.8. The SMILES string of the molecule is Cc1c(NN)nc(C(C)C)nc1Nc1ccc(F)cc1Cl. The minimum atomic E-state index is -0.392. The maximum Gasteiger partial charge on any atom is 0.148 e. The van der Waals surface area contributed by atoms with Crippen LogP contribution in [0.15, 0.2) is 18.2 Å². The first-order valence-corrected chi connectivity index (χ1v) is 6.87. The van der Waals surface area contributed by atoms with Crippen molar-refractivity contribution in [2.24, 2.45) is 5.84 Å². The molecule has 1 aromatic heterocycles. The molecule has 0 amide bonds. The quantitative estimate of drug-likeness (QED) is 0.592. The average molecular weight is 310 g/mol. The lowest BCUT2D eigenvalue weighted by atomic mass is 10.2. The average Bonchev–Trinajstić information content (AvgIpc) is 2.43. The Labute approximate surface area is 127 Å². The van der Waals surface area contributed by atoms with Crippen LogP contribution in [-0.4, -0.2) is 9.97 Å². The van der Waals surface area contributed by atoms with Gasteiger partial charge in [-0.2, -0.15) is 0 Å². The summed E-state index contributed by atoms with van der Waals surface area (Å²) in [6, 6.07) is 4.13. The van der Waals surface area contributed by atoms with Crippen molar-refractivity contribution in [3.05, 3.63) is 40.4 Å². The van der Waals surface area contributed by atoms with Crippen LogP contribution in [0.4, 0.5) is 21.7 Å². The molecule has 2 aromatic rings. The van der Waals surface area contributed by atoms with Crippen molar-refractivity contribution in [2.75, 3.05) is 10.7 Å². The van der Waals surface area contributed by atoms with E-state index in [0.717, 1.165) is 5.56 Å². The molecule has 0 aliphatic rings. The van der Waals surface area contributed by atoms with Gasteiger partial charge in [-0.15, -0.1) is 0 Å². The van der Waals surface area contributed by atoms with Gasteiger partial charge in [0, 0.05) is 11.5 Å². The number of aromatic nitrogens is 2. The summed E-state index contributed by atoms with van der Waals surface area (Å²) < 4.78 is 13.1. The van der Waals surface area contributed by atoms with Crippen molar-refractivity contribution >= 4 is 28.9 Å². The second kappa shape index (κ2) is 6.24. The van der Waals surface area contributed by atoms with Gasteiger partial charge in [0.15, 0.2) is 0 Å². The van der Waals surface area contributed by atoms with Crippen LogP contribution >= 0.6 is 11.6 Å². The second-order valence-corrected chi connectivity index (χ2v) is 5.36. The lowest BCUT2D eigenvalue weighted by Crippen LogP contribution is -2.14. The monoisotopic (exact) mass is 309 g/mol. The van der Waals surface area contributed by atoms with Gasteiger partial charge < -0.3 is 10.7 Å². The molecular weight excluding hydrogens is 293 g/mol. The summed E-state index contributed by atoms with van der Waals surface area (Å²) in [6.45, 7) is 5.80. The molecule has 0 radical (unpaired) electrons. The number of nitrogens with one attached hydrogen (secondary N) is 2. The first-order chi connectivity index (χ1) is 9.92. The molecule has 0 unspecified atom stereocenters. The highest BCUT2D eigenvalue weighted by Gasteiger charge is 2.13. The van der Waals surface area contributed by atoms with Crippen LogP contribution < -0.4 is 16.6 Å². The molecule has 0 atom stereocenters. The molecule has 0 aliphatic carbocycles. The van der Waals surface area contributed by atoms with Crippen LogP contribution in [0.3, 0.4) is 0 Å².